The molecule has 2 rings (SSSR count). The number of furan rings is 1. The number of benzene rings is 1. The summed E-state index contributed by atoms with van der Waals surface area (Å²) in [6, 6.07) is 10.6. The number of hydrogen-bond donors (Lipinski definition) is 3. The first kappa shape index (κ1) is 17.9. The Morgan fingerprint density at radius 2 is 1.92 bits per heavy atom. The van der Waals surface area contributed by atoms with Crippen LogP contribution in [0, 0.1) is 10.1 Å². The molecule has 1 aromatic heterocycles. The Morgan fingerprint density at radius 3 is 2.52 bits per heavy atom. The SMILES string of the molecule is O=C(NCCO)/C(=C/c1ccc([N+](=O)[O-])o1)NC(=O)c1ccccc1. The van der Waals surface area contributed by atoms with Crippen LogP contribution in [0.1, 0.15) is 16.1 Å². The van der Waals surface area contributed by atoms with Crippen molar-refractivity contribution in [2.45, 2.75) is 0 Å². The van der Waals surface area contributed by atoms with Crippen LogP contribution in [0.2, 0.25) is 0 Å². The van der Waals surface area contributed by atoms with Crippen molar-refractivity contribution in [3.63, 3.8) is 0 Å². The van der Waals surface area contributed by atoms with Gasteiger partial charge in [0.1, 0.15) is 16.4 Å². The van der Waals surface area contributed by atoms with Crippen LogP contribution in [-0.4, -0.2) is 35.0 Å². The average Bonchev–Trinajstić information content (AvgIpc) is 3.08. The summed E-state index contributed by atoms with van der Waals surface area (Å²) in [5, 5.41) is 24.3. The fourth-order valence-corrected chi connectivity index (χ4v) is 1.87. The van der Waals surface area contributed by atoms with Gasteiger partial charge in [-0.05, 0) is 18.2 Å². The van der Waals surface area contributed by atoms with Crippen LogP contribution >= 0.6 is 0 Å². The summed E-state index contributed by atoms with van der Waals surface area (Å²) in [4.78, 5) is 34.3. The van der Waals surface area contributed by atoms with Gasteiger partial charge in [0.05, 0.1) is 12.7 Å². The number of nitro groups is 1. The van der Waals surface area contributed by atoms with Crippen LogP contribution < -0.4 is 10.6 Å². The third kappa shape index (κ3) is 5.01. The molecular weight excluding hydrogens is 330 g/mol. The van der Waals surface area contributed by atoms with E-state index in [1.165, 1.54) is 12.1 Å². The van der Waals surface area contributed by atoms with Crippen LogP contribution in [-0.2, 0) is 4.79 Å². The van der Waals surface area contributed by atoms with Crippen molar-refractivity contribution < 1.29 is 24.0 Å². The molecule has 1 aromatic carbocycles. The monoisotopic (exact) mass is 345 g/mol. The van der Waals surface area contributed by atoms with Crippen molar-refractivity contribution in [1.29, 1.82) is 0 Å². The van der Waals surface area contributed by atoms with Crippen LogP contribution in [0.4, 0.5) is 5.88 Å². The van der Waals surface area contributed by atoms with Gasteiger partial charge in [0.25, 0.3) is 11.8 Å². The Morgan fingerprint density at radius 1 is 1.20 bits per heavy atom. The highest BCUT2D eigenvalue weighted by Crippen LogP contribution is 2.17. The van der Waals surface area contributed by atoms with Crippen molar-refractivity contribution >= 4 is 23.8 Å². The van der Waals surface area contributed by atoms with Crippen molar-refractivity contribution in [2.75, 3.05) is 13.2 Å². The first-order valence-electron chi connectivity index (χ1n) is 7.22. The summed E-state index contributed by atoms with van der Waals surface area (Å²) in [5.41, 5.74) is 0.153. The molecule has 0 atom stereocenters. The molecule has 25 heavy (non-hydrogen) atoms. The number of carbonyl (C=O) groups excluding carboxylic acids is 2. The molecular formula is C16H15N3O6. The smallest absolute Gasteiger partial charge is 0.401 e. The molecule has 9 heteroatoms. The number of hydrogen-bond acceptors (Lipinski definition) is 6. The van der Waals surface area contributed by atoms with Crippen LogP contribution in [0.25, 0.3) is 6.08 Å². The highest BCUT2D eigenvalue weighted by molar-refractivity contribution is 6.05. The predicted octanol–water partition coefficient (Wildman–Crippen LogP) is 1.07. The molecule has 0 saturated heterocycles. The van der Waals surface area contributed by atoms with Crippen molar-refractivity contribution in [2.24, 2.45) is 0 Å². The van der Waals surface area contributed by atoms with Crippen LogP contribution in [0.15, 0.2) is 52.6 Å². The lowest BCUT2D eigenvalue weighted by Gasteiger charge is -2.10. The normalized spacial score (nSPS) is 11.0. The van der Waals surface area contributed by atoms with Gasteiger partial charge < -0.3 is 20.2 Å². The highest BCUT2D eigenvalue weighted by atomic mass is 16.6. The molecule has 0 aliphatic carbocycles. The van der Waals surface area contributed by atoms with Gasteiger partial charge >= 0.3 is 5.88 Å². The maximum atomic E-state index is 12.2. The molecule has 3 N–H and O–H groups in total. The number of aliphatic hydroxyl groups excluding tert-OH is 1. The number of amides is 2. The fourth-order valence-electron chi connectivity index (χ4n) is 1.87. The fraction of sp³-hybridized carbons (Fsp3) is 0.125. The third-order valence-electron chi connectivity index (χ3n) is 3.01. The number of nitrogens with one attached hydrogen (secondary N) is 2. The second-order valence-electron chi connectivity index (χ2n) is 4.79. The lowest BCUT2D eigenvalue weighted by Crippen LogP contribution is -2.36. The van der Waals surface area contributed by atoms with Gasteiger partial charge in [-0.1, -0.05) is 18.2 Å². The van der Waals surface area contributed by atoms with E-state index in [2.05, 4.69) is 10.6 Å². The Balaban J connectivity index is 2.25. The molecule has 2 aromatic rings. The average molecular weight is 345 g/mol. The maximum absolute atomic E-state index is 12.2. The summed E-state index contributed by atoms with van der Waals surface area (Å²) in [6.07, 6.45) is 1.17. The molecule has 0 radical (unpaired) electrons. The maximum Gasteiger partial charge on any atom is 0.433 e. The minimum atomic E-state index is -0.717. The van der Waals surface area contributed by atoms with Gasteiger partial charge in [-0.2, -0.15) is 0 Å². The van der Waals surface area contributed by atoms with Crippen LogP contribution in [0.3, 0.4) is 0 Å². The highest BCUT2D eigenvalue weighted by Gasteiger charge is 2.17. The molecule has 1 heterocycles. The van der Waals surface area contributed by atoms with Gasteiger partial charge in [0.2, 0.25) is 0 Å². The number of rotatable bonds is 7. The van der Waals surface area contributed by atoms with E-state index in [-0.39, 0.29) is 24.6 Å². The molecule has 0 bridgehead atoms. The van der Waals surface area contributed by atoms with E-state index in [1.807, 2.05) is 0 Å². The zero-order chi connectivity index (χ0) is 18.2. The molecule has 0 aliphatic rings. The Labute approximate surface area is 142 Å². The molecule has 0 saturated carbocycles. The molecule has 9 nitrogen and oxygen atoms in total. The minimum Gasteiger partial charge on any atom is -0.401 e. The van der Waals surface area contributed by atoms with Gasteiger partial charge in [-0.3, -0.25) is 19.7 Å². The van der Waals surface area contributed by atoms with E-state index in [4.69, 9.17) is 9.52 Å². The summed E-state index contributed by atoms with van der Waals surface area (Å²) in [6.45, 7) is -0.298. The summed E-state index contributed by atoms with van der Waals surface area (Å²) in [7, 11) is 0. The summed E-state index contributed by atoms with van der Waals surface area (Å²) in [5.74, 6) is -1.67. The van der Waals surface area contributed by atoms with Crippen molar-refractivity contribution in [1.82, 2.24) is 10.6 Å². The molecule has 0 aliphatic heterocycles. The largest absolute Gasteiger partial charge is 0.433 e. The van der Waals surface area contributed by atoms with Gasteiger partial charge in [0, 0.05) is 18.2 Å². The van der Waals surface area contributed by atoms with Crippen LogP contribution in [0.5, 0.6) is 0 Å². The van der Waals surface area contributed by atoms with E-state index >= 15 is 0 Å². The Kier molecular flexibility index (Phi) is 6.02. The molecule has 130 valence electrons. The standard InChI is InChI=1S/C16H15N3O6/c20-9-8-17-16(22)13(10-12-6-7-14(25-12)19(23)24)18-15(21)11-4-2-1-3-5-11/h1-7,10,20H,8-9H2,(H,17,22)(H,18,21)/b13-10-. The topological polar surface area (TPSA) is 135 Å². The zero-order valence-corrected chi connectivity index (χ0v) is 13.0. The quantitative estimate of drug-likeness (QED) is 0.390. The minimum absolute atomic E-state index is 0.0182. The Hall–Kier alpha value is -3.46. The predicted molar refractivity (Wildman–Crippen MR) is 87.3 cm³/mol. The Bertz CT molecular complexity index is 797. The lowest BCUT2D eigenvalue weighted by molar-refractivity contribution is -0.402. The third-order valence-corrected chi connectivity index (χ3v) is 3.01. The van der Waals surface area contributed by atoms with Gasteiger partial charge in [0.15, 0.2) is 0 Å². The second kappa shape index (κ2) is 8.41. The van der Waals surface area contributed by atoms with Gasteiger partial charge in [-0.25, -0.2) is 0 Å². The number of carbonyl (C=O) groups is 2. The van der Waals surface area contributed by atoms with E-state index < -0.39 is 22.6 Å². The number of aliphatic hydroxyl groups is 1. The van der Waals surface area contributed by atoms with Gasteiger partial charge in [-0.15, -0.1) is 0 Å². The molecule has 0 unspecified atom stereocenters. The molecule has 0 fully saturated rings. The molecule has 0 spiro atoms. The first-order valence-corrected chi connectivity index (χ1v) is 7.22. The van der Waals surface area contributed by atoms with Crippen molar-refractivity contribution in [3.05, 3.63) is 69.6 Å². The number of nitrogens with zero attached hydrogens (tertiary/aromatic N) is 1. The molecule has 2 amide bonds. The van der Waals surface area contributed by atoms with E-state index in [1.54, 1.807) is 30.3 Å². The van der Waals surface area contributed by atoms with E-state index in [0.717, 1.165) is 6.07 Å². The van der Waals surface area contributed by atoms with Crippen molar-refractivity contribution in [3.8, 4) is 0 Å². The summed E-state index contributed by atoms with van der Waals surface area (Å²) >= 11 is 0. The lowest BCUT2D eigenvalue weighted by atomic mass is 10.2. The second-order valence-corrected chi connectivity index (χ2v) is 4.79. The van der Waals surface area contributed by atoms with E-state index in [9.17, 15) is 19.7 Å². The summed E-state index contributed by atoms with van der Waals surface area (Å²) < 4.78 is 4.96. The first-order chi connectivity index (χ1) is 12.0. The zero-order valence-electron chi connectivity index (χ0n) is 13.0. The van der Waals surface area contributed by atoms with E-state index in [0.29, 0.717) is 5.56 Å².